The van der Waals surface area contributed by atoms with Crippen molar-refractivity contribution in [3.8, 4) is 0 Å². The minimum atomic E-state index is -0.521. The Balaban J connectivity index is 2.14. The molecule has 0 aliphatic heterocycles. The molecule has 2 aromatic rings. The van der Waals surface area contributed by atoms with E-state index in [9.17, 15) is 0 Å². The molecule has 4 unspecified atom stereocenters. The highest BCUT2D eigenvalue weighted by atomic mass is 16.7. The number of methoxy groups -OCH3 is 2. The fourth-order valence-electron chi connectivity index (χ4n) is 3.58. The summed E-state index contributed by atoms with van der Waals surface area (Å²) >= 11 is 0. The number of rotatable bonds is 19. The zero-order valence-corrected chi connectivity index (χ0v) is 20.3. The van der Waals surface area contributed by atoms with Gasteiger partial charge in [0, 0.05) is 26.3 Å². The van der Waals surface area contributed by atoms with Gasteiger partial charge in [0.1, 0.15) is 25.8 Å². The van der Waals surface area contributed by atoms with Gasteiger partial charge < -0.3 is 39.9 Å². The van der Waals surface area contributed by atoms with Crippen LogP contribution in [-0.2, 0) is 41.3 Å². The van der Waals surface area contributed by atoms with Crippen LogP contribution in [0.3, 0.4) is 0 Å². The monoisotopic (exact) mass is 476 g/mol. The Morgan fingerprint density at radius 2 is 0.971 bits per heavy atom. The second kappa shape index (κ2) is 17.5. The highest BCUT2D eigenvalue weighted by Gasteiger charge is 2.34. The van der Waals surface area contributed by atoms with Crippen molar-refractivity contribution in [3.05, 3.63) is 71.8 Å². The lowest BCUT2D eigenvalue weighted by Gasteiger charge is -2.35. The molecule has 0 heterocycles. The van der Waals surface area contributed by atoms with Crippen LogP contribution in [0.4, 0.5) is 0 Å². The third kappa shape index (κ3) is 11.0. The smallest absolute Gasteiger partial charge is 0.147 e. The molecule has 0 aromatic heterocycles. The Kier molecular flexibility index (Phi) is 14.6. The molecule has 0 radical (unpaired) electrons. The first-order chi connectivity index (χ1) is 16.7. The molecule has 0 spiro atoms. The predicted molar refractivity (Wildman–Crippen MR) is 131 cm³/mol. The molecule has 8 heteroatoms. The van der Waals surface area contributed by atoms with Gasteiger partial charge in [-0.05, 0) is 24.0 Å². The maximum Gasteiger partial charge on any atom is 0.147 e. The molecule has 4 N–H and O–H groups in total. The van der Waals surface area contributed by atoms with E-state index in [0.717, 1.165) is 11.1 Å². The Labute approximate surface area is 203 Å². The fraction of sp³-hybridized carbons (Fsp3) is 0.538. The first-order valence-corrected chi connectivity index (χ1v) is 11.6. The third-order valence-corrected chi connectivity index (χ3v) is 5.35. The molecule has 0 saturated heterocycles. The molecule has 4 atom stereocenters. The van der Waals surface area contributed by atoms with Gasteiger partial charge in [0.2, 0.25) is 0 Å². The van der Waals surface area contributed by atoms with Crippen LogP contribution in [0.1, 0.15) is 11.1 Å². The minimum absolute atomic E-state index is 0.0545. The summed E-state index contributed by atoms with van der Waals surface area (Å²) in [5.41, 5.74) is 15.6. The molecule has 0 bridgehead atoms. The molecule has 190 valence electrons. The standard InChI is InChI=1S/C26H40N2O6/c1-29-13-15-31-19-33-25(23(27)17-21-9-5-3-6-10-21)26(34-20-32-16-14-30-2)24(28)18-22-11-7-4-8-12-22/h3-12,23-26H,13-20,27-28H2,1-2H3. The van der Waals surface area contributed by atoms with Gasteiger partial charge in [0.05, 0.1) is 26.4 Å². The van der Waals surface area contributed by atoms with E-state index in [1.807, 2.05) is 60.7 Å². The van der Waals surface area contributed by atoms with E-state index in [2.05, 4.69) is 0 Å². The SMILES string of the molecule is COCCOCOC(C(N)Cc1ccccc1)C(OCOCCOC)C(N)Cc1ccccc1. The maximum absolute atomic E-state index is 6.67. The summed E-state index contributed by atoms with van der Waals surface area (Å²) in [5, 5.41) is 0. The number of hydrogen-bond donors (Lipinski definition) is 2. The molecule has 0 saturated carbocycles. The van der Waals surface area contributed by atoms with Crippen LogP contribution in [0.2, 0.25) is 0 Å². The molecular weight excluding hydrogens is 436 g/mol. The van der Waals surface area contributed by atoms with Crippen molar-refractivity contribution < 1.29 is 28.4 Å². The lowest BCUT2D eigenvalue weighted by atomic mass is 9.92. The van der Waals surface area contributed by atoms with E-state index < -0.39 is 12.2 Å². The van der Waals surface area contributed by atoms with Crippen molar-refractivity contribution in [2.24, 2.45) is 11.5 Å². The van der Waals surface area contributed by atoms with Crippen molar-refractivity contribution in [2.75, 3.05) is 54.2 Å². The van der Waals surface area contributed by atoms with Crippen LogP contribution in [0.15, 0.2) is 60.7 Å². The van der Waals surface area contributed by atoms with Gasteiger partial charge in [0.15, 0.2) is 0 Å². The van der Waals surface area contributed by atoms with Crippen LogP contribution in [0.5, 0.6) is 0 Å². The second-order valence-electron chi connectivity index (χ2n) is 8.01. The molecule has 34 heavy (non-hydrogen) atoms. The summed E-state index contributed by atoms with van der Waals surface area (Å²) in [4.78, 5) is 0. The fourth-order valence-corrected chi connectivity index (χ4v) is 3.58. The Bertz CT molecular complexity index is 673. The van der Waals surface area contributed by atoms with Gasteiger partial charge in [-0.3, -0.25) is 0 Å². The van der Waals surface area contributed by atoms with Gasteiger partial charge in [-0.1, -0.05) is 60.7 Å². The van der Waals surface area contributed by atoms with Crippen LogP contribution in [-0.4, -0.2) is 78.5 Å². The zero-order chi connectivity index (χ0) is 24.4. The second-order valence-corrected chi connectivity index (χ2v) is 8.01. The van der Waals surface area contributed by atoms with E-state index in [1.165, 1.54) is 0 Å². The average molecular weight is 477 g/mol. The Morgan fingerprint density at radius 1 is 0.588 bits per heavy atom. The summed E-state index contributed by atoms with van der Waals surface area (Å²) in [6.45, 7) is 1.89. The van der Waals surface area contributed by atoms with Crippen molar-refractivity contribution >= 4 is 0 Å². The van der Waals surface area contributed by atoms with Gasteiger partial charge >= 0.3 is 0 Å². The summed E-state index contributed by atoms with van der Waals surface area (Å²) in [7, 11) is 3.25. The normalized spacial score (nSPS) is 15.1. The molecule has 0 aliphatic rings. The van der Waals surface area contributed by atoms with Crippen molar-refractivity contribution in [3.63, 3.8) is 0 Å². The molecule has 2 rings (SSSR count). The molecular formula is C26H40N2O6. The first-order valence-electron chi connectivity index (χ1n) is 11.6. The quantitative estimate of drug-likeness (QED) is 0.235. The van der Waals surface area contributed by atoms with E-state index in [0.29, 0.717) is 39.3 Å². The van der Waals surface area contributed by atoms with Gasteiger partial charge in [-0.2, -0.15) is 0 Å². The van der Waals surface area contributed by atoms with Crippen molar-refractivity contribution in [2.45, 2.75) is 37.1 Å². The molecule has 0 aliphatic carbocycles. The molecule has 8 nitrogen and oxygen atoms in total. The van der Waals surface area contributed by atoms with Crippen LogP contribution < -0.4 is 11.5 Å². The highest BCUT2D eigenvalue weighted by molar-refractivity contribution is 5.18. The van der Waals surface area contributed by atoms with Gasteiger partial charge in [-0.25, -0.2) is 0 Å². The number of nitrogens with two attached hydrogens (primary N) is 2. The lowest BCUT2D eigenvalue weighted by molar-refractivity contribution is -0.181. The summed E-state index contributed by atoms with van der Waals surface area (Å²) in [5.74, 6) is 0. The maximum atomic E-state index is 6.67. The summed E-state index contributed by atoms with van der Waals surface area (Å²) in [6, 6.07) is 19.3. The third-order valence-electron chi connectivity index (χ3n) is 5.35. The summed E-state index contributed by atoms with van der Waals surface area (Å²) in [6.07, 6.45) is 0.165. The van der Waals surface area contributed by atoms with Crippen LogP contribution in [0.25, 0.3) is 0 Å². The van der Waals surface area contributed by atoms with E-state index >= 15 is 0 Å². The molecule has 0 fully saturated rings. The van der Waals surface area contributed by atoms with Crippen LogP contribution >= 0.6 is 0 Å². The number of ether oxygens (including phenoxy) is 6. The van der Waals surface area contributed by atoms with E-state index in [1.54, 1.807) is 14.2 Å². The van der Waals surface area contributed by atoms with E-state index in [4.69, 9.17) is 39.9 Å². The molecule has 0 amide bonds. The van der Waals surface area contributed by atoms with E-state index in [-0.39, 0.29) is 25.7 Å². The average Bonchev–Trinajstić information content (AvgIpc) is 2.85. The van der Waals surface area contributed by atoms with Crippen molar-refractivity contribution in [1.29, 1.82) is 0 Å². The number of benzene rings is 2. The Hall–Kier alpha value is -1.88. The Morgan fingerprint density at radius 3 is 1.32 bits per heavy atom. The van der Waals surface area contributed by atoms with Gasteiger partial charge in [0.25, 0.3) is 0 Å². The summed E-state index contributed by atoms with van der Waals surface area (Å²) < 4.78 is 33.5. The lowest BCUT2D eigenvalue weighted by Crippen LogP contribution is -2.55. The largest absolute Gasteiger partial charge is 0.382 e. The van der Waals surface area contributed by atoms with Gasteiger partial charge in [-0.15, -0.1) is 0 Å². The molecule has 2 aromatic carbocycles. The zero-order valence-electron chi connectivity index (χ0n) is 20.3. The van der Waals surface area contributed by atoms with Crippen LogP contribution in [0, 0.1) is 0 Å². The van der Waals surface area contributed by atoms with Crippen molar-refractivity contribution in [1.82, 2.24) is 0 Å². The highest BCUT2D eigenvalue weighted by Crippen LogP contribution is 2.18. The topological polar surface area (TPSA) is 107 Å². The number of hydrogen-bond acceptors (Lipinski definition) is 8. The first kappa shape index (κ1) is 28.4. The predicted octanol–water partition coefficient (Wildman–Crippen LogP) is 2.14. The minimum Gasteiger partial charge on any atom is -0.382 e.